The first-order chi connectivity index (χ1) is 8.22. The van der Waals surface area contributed by atoms with Gasteiger partial charge in [0.1, 0.15) is 5.82 Å². The lowest BCUT2D eigenvalue weighted by molar-refractivity contribution is -0.141. The SMILES string of the molecule is CCC(CNc1nccc2sccc12)C(=O)O. The van der Waals surface area contributed by atoms with E-state index in [4.69, 9.17) is 5.11 Å². The van der Waals surface area contributed by atoms with Crippen molar-refractivity contribution in [3.05, 3.63) is 23.7 Å². The van der Waals surface area contributed by atoms with Crippen LogP contribution in [0.15, 0.2) is 23.7 Å². The highest BCUT2D eigenvalue weighted by Gasteiger charge is 2.15. The Labute approximate surface area is 103 Å². The van der Waals surface area contributed by atoms with Crippen LogP contribution in [-0.2, 0) is 4.79 Å². The average Bonchev–Trinajstić information content (AvgIpc) is 2.78. The van der Waals surface area contributed by atoms with Gasteiger partial charge < -0.3 is 10.4 Å². The molecule has 2 aromatic rings. The monoisotopic (exact) mass is 250 g/mol. The smallest absolute Gasteiger partial charge is 0.308 e. The summed E-state index contributed by atoms with van der Waals surface area (Å²) in [6.07, 6.45) is 2.35. The topological polar surface area (TPSA) is 62.2 Å². The number of aliphatic carboxylic acids is 1. The van der Waals surface area contributed by atoms with Gasteiger partial charge in [-0.2, -0.15) is 0 Å². The van der Waals surface area contributed by atoms with Crippen molar-refractivity contribution in [1.82, 2.24) is 4.98 Å². The summed E-state index contributed by atoms with van der Waals surface area (Å²) in [4.78, 5) is 15.2. The number of carbonyl (C=O) groups is 1. The zero-order valence-electron chi connectivity index (χ0n) is 9.51. The number of nitrogens with zero attached hydrogens (tertiary/aromatic N) is 1. The van der Waals surface area contributed by atoms with Crippen LogP contribution < -0.4 is 5.32 Å². The van der Waals surface area contributed by atoms with E-state index in [1.807, 2.05) is 24.4 Å². The summed E-state index contributed by atoms with van der Waals surface area (Å²) in [5.74, 6) is -0.369. The second-order valence-electron chi connectivity index (χ2n) is 3.82. The Bertz CT molecular complexity index is 524. The molecule has 0 aliphatic carbocycles. The van der Waals surface area contributed by atoms with Gasteiger partial charge in [-0.15, -0.1) is 11.3 Å². The number of anilines is 1. The van der Waals surface area contributed by atoms with Gasteiger partial charge in [-0.05, 0) is 23.9 Å². The maximum atomic E-state index is 10.9. The van der Waals surface area contributed by atoms with Crippen LogP contribution in [0.5, 0.6) is 0 Å². The number of pyridine rings is 1. The molecule has 0 fully saturated rings. The third-order valence-corrected chi connectivity index (χ3v) is 3.62. The molecule has 0 saturated carbocycles. The minimum absolute atomic E-state index is 0.370. The molecular weight excluding hydrogens is 236 g/mol. The van der Waals surface area contributed by atoms with E-state index >= 15 is 0 Å². The number of hydrogen-bond acceptors (Lipinski definition) is 4. The quantitative estimate of drug-likeness (QED) is 0.856. The van der Waals surface area contributed by atoms with Crippen molar-refractivity contribution in [1.29, 1.82) is 0 Å². The van der Waals surface area contributed by atoms with Crippen molar-refractivity contribution in [2.75, 3.05) is 11.9 Å². The van der Waals surface area contributed by atoms with Crippen LogP contribution in [0.4, 0.5) is 5.82 Å². The minimum Gasteiger partial charge on any atom is -0.481 e. The van der Waals surface area contributed by atoms with E-state index < -0.39 is 5.97 Å². The molecule has 0 amide bonds. The molecule has 1 unspecified atom stereocenters. The van der Waals surface area contributed by atoms with Crippen LogP contribution in [0.2, 0.25) is 0 Å². The van der Waals surface area contributed by atoms with Crippen LogP contribution in [0.25, 0.3) is 10.1 Å². The lowest BCUT2D eigenvalue weighted by Gasteiger charge is -2.11. The standard InChI is InChI=1S/C12H14N2O2S/c1-2-8(12(15)16)7-14-11-9-4-6-17-10(9)3-5-13-11/h3-6,8H,2,7H2,1H3,(H,13,14)(H,15,16). The molecule has 2 rings (SSSR count). The molecule has 1 atom stereocenters. The highest BCUT2D eigenvalue weighted by molar-refractivity contribution is 7.17. The predicted molar refractivity (Wildman–Crippen MR) is 69.5 cm³/mol. The van der Waals surface area contributed by atoms with Gasteiger partial charge in [0.05, 0.1) is 5.92 Å². The molecule has 17 heavy (non-hydrogen) atoms. The Balaban J connectivity index is 2.13. The van der Waals surface area contributed by atoms with Crippen LogP contribution in [0.3, 0.4) is 0 Å². The lowest BCUT2D eigenvalue weighted by atomic mass is 10.1. The normalized spacial score (nSPS) is 12.5. The van der Waals surface area contributed by atoms with Gasteiger partial charge in [0.2, 0.25) is 0 Å². The molecule has 2 aromatic heterocycles. The molecule has 2 heterocycles. The van der Waals surface area contributed by atoms with E-state index in [9.17, 15) is 4.79 Å². The van der Waals surface area contributed by atoms with Crippen LogP contribution in [0, 0.1) is 5.92 Å². The Hall–Kier alpha value is -1.62. The van der Waals surface area contributed by atoms with Crippen LogP contribution >= 0.6 is 11.3 Å². The molecule has 90 valence electrons. The average molecular weight is 250 g/mol. The Morgan fingerprint density at radius 1 is 1.59 bits per heavy atom. The number of carboxylic acid groups (broad SMARTS) is 1. The van der Waals surface area contributed by atoms with E-state index in [1.165, 1.54) is 0 Å². The molecule has 0 spiro atoms. The highest BCUT2D eigenvalue weighted by Crippen LogP contribution is 2.25. The molecule has 0 saturated heterocycles. The number of hydrogen-bond donors (Lipinski definition) is 2. The number of rotatable bonds is 5. The maximum Gasteiger partial charge on any atom is 0.308 e. The number of aromatic nitrogens is 1. The van der Waals surface area contributed by atoms with Gasteiger partial charge in [-0.25, -0.2) is 4.98 Å². The third kappa shape index (κ3) is 2.55. The molecule has 5 heteroatoms. The second kappa shape index (κ2) is 5.14. The number of thiophene rings is 1. The van der Waals surface area contributed by atoms with Gasteiger partial charge >= 0.3 is 5.97 Å². The summed E-state index contributed by atoms with van der Waals surface area (Å²) in [5, 5.41) is 15.1. The van der Waals surface area contributed by atoms with Crippen molar-refractivity contribution in [3.8, 4) is 0 Å². The predicted octanol–water partition coefficient (Wildman–Crippen LogP) is 2.82. The molecule has 0 aromatic carbocycles. The Morgan fingerprint density at radius 2 is 2.41 bits per heavy atom. The zero-order chi connectivity index (χ0) is 12.3. The van der Waals surface area contributed by atoms with Crippen molar-refractivity contribution in [3.63, 3.8) is 0 Å². The fourth-order valence-corrected chi connectivity index (χ4v) is 2.44. The zero-order valence-corrected chi connectivity index (χ0v) is 10.3. The molecule has 0 radical (unpaired) electrons. The van der Waals surface area contributed by atoms with Crippen molar-refractivity contribution >= 4 is 33.2 Å². The summed E-state index contributed by atoms with van der Waals surface area (Å²) < 4.78 is 1.16. The minimum atomic E-state index is -0.766. The van der Waals surface area contributed by atoms with E-state index in [-0.39, 0.29) is 5.92 Å². The number of carboxylic acids is 1. The van der Waals surface area contributed by atoms with Crippen molar-refractivity contribution < 1.29 is 9.90 Å². The Kier molecular flexibility index (Phi) is 3.58. The summed E-state index contributed by atoms with van der Waals surface area (Å²) in [6.45, 7) is 2.28. The molecular formula is C12H14N2O2S. The molecule has 0 bridgehead atoms. The maximum absolute atomic E-state index is 10.9. The van der Waals surface area contributed by atoms with Crippen molar-refractivity contribution in [2.45, 2.75) is 13.3 Å². The molecule has 0 aliphatic rings. The number of nitrogens with one attached hydrogen (secondary N) is 1. The summed E-state index contributed by atoms with van der Waals surface area (Å²) in [5.41, 5.74) is 0. The fourth-order valence-electron chi connectivity index (χ4n) is 1.66. The van der Waals surface area contributed by atoms with Crippen molar-refractivity contribution in [2.24, 2.45) is 5.92 Å². The lowest BCUT2D eigenvalue weighted by Crippen LogP contribution is -2.22. The molecule has 4 nitrogen and oxygen atoms in total. The number of fused-ring (bicyclic) bond motifs is 1. The summed E-state index contributed by atoms with van der Waals surface area (Å²) in [6, 6.07) is 3.96. The van der Waals surface area contributed by atoms with Crippen LogP contribution in [0.1, 0.15) is 13.3 Å². The first-order valence-electron chi connectivity index (χ1n) is 5.51. The highest BCUT2D eigenvalue weighted by atomic mass is 32.1. The molecule has 2 N–H and O–H groups in total. The van der Waals surface area contributed by atoms with Gasteiger partial charge in [0, 0.05) is 22.8 Å². The molecule has 0 aliphatic heterocycles. The van der Waals surface area contributed by atoms with E-state index in [0.717, 1.165) is 15.9 Å². The van der Waals surface area contributed by atoms with E-state index in [2.05, 4.69) is 10.3 Å². The Morgan fingerprint density at radius 3 is 3.12 bits per heavy atom. The van der Waals surface area contributed by atoms with Gasteiger partial charge in [0.25, 0.3) is 0 Å². The van der Waals surface area contributed by atoms with E-state index in [0.29, 0.717) is 13.0 Å². The third-order valence-electron chi connectivity index (χ3n) is 2.74. The van der Waals surface area contributed by atoms with E-state index in [1.54, 1.807) is 17.5 Å². The summed E-state index contributed by atoms with van der Waals surface area (Å²) >= 11 is 1.65. The van der Waals surface area contributed by atoms with Crippen LogP contribution in [-0.4, -0.2) is 22.6 Å². The fraction of sp³-hybridized carbons (Fsp3) is 0.333. The first kappa shape index (κ1) is 11.9. The second-order valence-corrected chi connectivity index (χ2v) is 4.76. The van der Waals surface area contributed by atoms with Gasteiger partial charge in [-0.3, -0.25) is 4.79 Å². The van der Waals surface area contributed by atoms with Gasteiger partial charge in [-0.1, -0.05) is 6.92 Å². The first-order valence-corrected chi connectivity index (χ1v) is 6.39. The largest absolute Gasteiger partial charge is 0.481 e. The van der Waals surface area contributed by atoms with Gasteiger partial charge in [0.15, 0.2) is 0 Å². The summed E-state index contributed by atoms with van der Waals surface area (Å²) in [7, 11) is 0.